The van der Waals surface area contributed by atoms with Crippen molar-refractivity contribution in [3.63, 3.8) is 0 Å². The maximum Gasteiger partial charge on any atom is 0.223 e. The van der Waals surface area contributed by atoms with Crippen LogP contribution in [0.5, 0.6) is 0 Å². The third kappa shape index (κ3) is 3.15. The molecule has 2 aromatic rings. The zero-order valence-electron chi connectivity index (χ0n) is 12.6. The van der Waals surface area contributed by atoms with Crippen molar-refractivity contribution in [3.8, 4) is 0 Å². The van der Waals surface area contributed by atoms with Gasteiger partial charge in [0.1, 0.15) is 0 Å². The first-order valence-electron chi connectivity index (χ1n) is 7.49. The number of carbonyl (C=O) groups is 1. The molecule has 0 saturated heterocycles. The van der Waals surface area contributed by atoms with Gasteiger partial charge in [0.25, 0.3) is 0 Å². The van der Waals surface area contributed by atoms with Gasteiger partial charge in [0.2, 0.25) is 5.91 Å². The summed E-state index contributed by atoms with van der Waals surface area (Å²) < 4.78 is 2.02. The fourth-order valence-electron chi connectivity index (χ4n) is 2.57. The first-order chi connectivity index (χ1) is 10.1. The molecule has 1 aliphatic carbocycles. The molecule has 1 heterocycles. The molecular formula is C17H21N3O. The van der Waals surface area contributed by atoms with Gasteiger partial charge in [0, 0.05) is 23.7 Å². The zero-order chi connectivity index (χ0) is 14.8. The molecule has 4 heteroatoms. The molecular weight excluding hydrogens is 262 g/mol. The topological polar surface area (TPSA) is 46.9 Å². The lowest BCUT2D eigenvalue weighted by Gasteiger charge is -2.07. The van der Waals surface area contributed by atoms with Crippen molar-refractivity contribution in [1.29, 1.82) is 0 Å². The number of nitrogens with zero attached hydrogens (tertiary/aromatic N) is 2. The van der Waals surface area contributed by atoms with Crippen LogP contribution in [-0.4, -0.2) is 15.7 Å². The SMILES string of the molecule is Cc1nn(Cc2ccccc2)c(C)c1CNC(=O)C1CC1. The lowest BCUT2D eigenvalue weighted by Crippen LogP contribution is -2.24. The number of hydrogen-bond acceptors (Lipinski definition) is 2. The highest BCUT2D eigenvalue weighted by Gasteiger charge is 2.29. The number of carbonyl (C=O) groups excluding carboxylic acids is 1. The van der Waals surface area contributed by atoms with Gasteiger partial charge in [-0.25, -0.2) is 0 Å². The molecule has 4 nitrogen and oxygen atoms in total. The summed E-state index contributed by atoms with van der Waals surface area (Å²) in [6, 6.07) is 10.3. The Morgan fingerprint density at radius 3 is 2.67 bits per heavy atom. The Morgan fingerprint density at radius 1 is 1.29 bits per heavy atom. The van der Waals surface area contributed by atoms with E-state index in [9.17, 15) is 4.79 Å². The van der Waals surface area contributed by atoms with Gasteiger partial charge in [0.05, 0.1) is 12.2 Å². The molecule has 0 aliphatic heterocycles. The summed E-state index contributed by atoms with van der Waals surface area (Å²) in [5.41, 5.74) is 4.50. The van der Waals surface area contributed by atoms with E-state index in [1.165, 1.54) is 5.56 Å². The van der Waals surface area contributed by atoms with Crippen LogP contribution in [0.1, 0.15) is 35.4 Å². The van der Waals surface area contributed by atoms with Crippen molar-refractivity contribution in [2.24, 2.45) is 5.92 Å². The lowest BCUT2D eigenvalue weighted by atomic mass is 10.2. The summed E-state index contributed by atoms with van der Waals surface area (Å²) in [5, 5.41) is 7.64. The van der Waals surface area contributed by atoms with E-state index in [1.54, 1.807) is 0 Å². The number of rotatable bonds is 5. The monoisotopic (exact) mass is 283 g/mol. The summed E-state index contributed by atoms with van der Waals surface area (Å²) in [7, 11) is 0. The van der Waals surface area contributed by atoms with Gasteiger partial charge in [-0.15, -0.1) is 0 Å². The van der Waals surface area contributed by atoms with E-state index in [4.69, 9.17) is 0 Å². The molecule has 0 unspecified atom stereocenters. The zero-order valence-corrected chi connectivity index (χ0v) is 12.6. The smallest absolute Gasteiger partial charge is 0.223 e. The standard InChI is InChI=1S/C17H21N3O/c1-12-16(10-18-17(21)15-8-9-15)13(2)20(19-12)11-14-6-4-3-5-7-14/h3-7,15H,8-11H2,1-2H3,(H,18,21). The van der Waals surface area contributed by atoms with Crippen molar-refractivity contribution in [2.75, 3.05) is 0 Å². The van der Waals surface area contributed by atoms with Gasteiger partial charge < -0.3 is 5.32 Å². The second-order valence-corrected chi connectivity index (χ2v) is 5.78. The minimum atomic E-state index is 0.185. The minimum absolute atomic E-state index is 0.185. The van der Waals surface area contributed by atoms with Crippen LogP contribution in [0.15, 0.2) is 30.3 Å². The maximum absolute atomic E-state index is 11.8. The summed E-state index contributed by atoms with van der Waals surface area (Å²) >= 11 is 0. The van der Waals surface area contributed by atoms with Crippen molar-refractivity contribution in [2.45, 2.75) is 39.8 Å². The molecule has 0 atom stereocenters. The van der Waals surface area contributed by atoms with E-state index in [2.05, 4.69) is 29.5 Å². The summed E-state index contributed by atoms with van der Waals surface area (Å²) in [6.07, 6.45) is 2.08. The molecule has 1 amide bonds. The third-order valence-electron chi connectivity index (χ3n) is 4.09. The first-order valence-corrected chi connectivity index (χ1v) is 7.49. The van der Waals surface area contributed by atoms with Gasteiger partial charge in [-0.05, 0) is 32.3 Å². The van der Waals surface area contributed by atoms with Crippen LogP contribution in [-0.2, 0) is 17.9 Å². The van der Waals surface area contributed by atoms with Crippen molar-refractivity contribution in [1.82, 2.24) is 15.1 Å². The van der Waals surface area contributed by atoms with Crippen molar-refractivity contribution < 1.29 is 4.79 Å². The van der Waals surface area contributed by atoms with Gasteiger partial charge in [-0.2, -0.15) is 5.10 Å². The van der Waals surface area contributed by atoms with E-state index in [-0.39, 0.29) is 11.8 Å². The lowest BCUT2D eigenvalue weighted by molar-refractivity contribution is -0.122. The predicted molar refractivity (Wildman–Crippen MR) is 81.8 cm³/mol. The fraction of sp³-hybridized carbons (Fsp3) is 0.412. The van der Waals surface area contributed by atoms with E-state index in [0.717, 1.165) is 36.3 Å². The Bertz CT molecular complexity index is 642. The Kier molecular flexibility index (Phi) is 3.78. The van der Waals surface area contributed by atoms with Crippen LogP contribution in [0, 0.1) is 19.8 Å². The number of hydrogen-bond donors (Lipinski definition) is 1. The highest BCUT2D eigenvalue weighted by molar-refractivity contribution is 5.80. The van der Waals surface area contributed by atoms with Crippen molar-refractivity contribution >= 4 is 5.91 Å². The number of benzene rings is 1. The quantitative estimate of drug-likeness (QED) is 0.916. The highest BCUT2D eigenvalue weighted by Crippen LogP contribution is 2.29. The van der Waals surface area contributed by atoms with Crippen LogP contribution in [0.25, 0.3) is 0 Å². The van der Waals surface area contributed by atoms with E-state index in [1.807, 2.05) is 29.8 Å². The average Bonchev–Trinajstić information content (AvgIpc) is 3.28. The Balaban J connectivity index is 1.71. The highest BCUT2D eigenvalue weighted by atomic mass is 16.2. The molecule has 1 N–H and O–H groups in total. The van der Waals surface area contributed by atoms with E-state index >= 15 is 0 Å². The second kappa shape index (κ2) is 5.72. The van der Waals surface area contributed by atoms with E-state index < -0.39 is 0 Å². The molecule has 110 valence electrons. The van der Waals surface area contributed by atoms with Crippen LogP contribution < -0.4 is 5.32 Å². The molecule has 1 saturated carbocycles. The van der Waals surface area contributed by atoms with Crippen LogP contribution in [0.3, 0.4) is 0 Å². The molecule has 21 heavy (non-hydrogen) atoms. The van der Waals surface area contributed by atoms with Crippen LogP contribution >= 0.6 is 0 Å². The maximum atomic E-state index is 11.8. The number of amides is 1. The molecule has 1 aliphatic rings. The van der Waals surface area contributed by atoms with Crippen LogP contribution in [0.2, 0.25) is 0 Å². The Labute approximate surface area is 125 Å². The molecule has 1 fully saturated rings. The summed E-state index contributed by atoms with van der Waals surface area (Å²) in [5.74, 6) is 0.439. The third-order valence-corrected chi connectivity index (χ3v) is 4.09. The average molecular weight is 283 g/mol. The Hall–Kier alpha value is -2.10. The molecule has 0 radical (unpaired) electrons. The molecule has 1 aromatic carbocycles. The fourth-order valence-corrected chi connectivity index (χ4v) is 2.57. The van der Waals surface area contributed by atoms with Gasteiger partial charge in [-0.3, -0.25) is 9.48 Å². The molecule has 0 spiro atoms. The van der Waals surface area contributed by atoms with Gasteiger partial charge in [0.15, 0.2) is 0 Å². The second-order valence-electron chi connectivity index (χ2n) is 5.78. The minimum Gasteiger partial charge on any atom is -0.352 e. The Morgan fingerprint density at radius 2 is 2.00 bits per heavy atom. The number of aromatic nitrogens is 2. The van der Waals surface area contributed by atoms with Crippen LogP contribution in [0.4, 0.5) is 0 Å². The molecule has 0 bridgehead atoms. The number of nitrogens with one attached hydrogen (secondary N) is 1. The number of aryl methyl sites for hydroxylation is 1. The largest absolute Gasteiger partial charge is 0.352 e. The predicted octanol–water partition coefficient (Wildman–Crippen LogP) is 2.57. The van der Waals surface area contributed by atoms with E-state index in [0.29, 0.717) is 6.54 Å². The molecule has 3 rings (SSSR count). The molecule has 1 aromatic heterocycles. The van der Waals surface area contributed by atoms with Crippen molar-refractivity contribution in [3.05, 3.63) is 52.8 Å². The van der Waals surface area contributed by atoms with Gasteiger partial charge >= 0.3 is 0 Å². The van der Waals surface area contributed by atoms with Gasteiger partial charge in [-0.1, -0.05) is 30.3 Å². The summed E-state index contributed by atoms with van der Waals surface area (Å²) in [4.78, 5) is 11.8. The summed E-state index contributed by atoms with van der Waals surface area (Å²) in [6.45, 7) is 5.43. The first kappa shape index (κ1) is 13.9. The normalized spacial score (nSPS) is 14.2.